The second-order valence-electron chi connectivity index (χ2n) is 6.27. The number of H-pyrrole nitrogens is 1. The predicted octanol–water partition coefficient (Wildman–Crippen LogP) is 3.64. The summed E-state index contributed by atoms with van der Waals surface area (Å²) in [7, 11) is 5.37. The first-order chi connectivity index (χ1) is 12.9. The summed E-state index contributed by atoms with van der Waals surface area (Å²) in [5.41, 5.74) is 3.51. The maximum atomic E-state index is 12.9. The summed E-state index contributed by atoms with van der Waals surface area (Å²) in [6, 6.07) is 5.93. The van der Waals surface area contributed by atoms with Gasteiger partial charge in [-0.05, 0) is 37.7 Å². The van der Waals surface area contributed by atoms with E-state index in [1.54, 1.807) is 30.8 Å². The number of amidine groups is 1. The first kappa shape index (κ1) is 18.0. The summed E-state index contributed by atoms with van der Waals surface area (Å²) >= 11 is 2.99. The van der Waals surface area contributed by atoms with Crippen LogP contribution in [0.25, 0.3) is 0 Å². The molecule has 0 atom stereocenters. The first-order valence-electron chi connectivity index (χ1n) is 8.30. The van der Waals surface area contributed by atoms with Crippen LogP contribution in [0.3, 0.4) is 0 Å². The van der Waals surface area contributed by atoms with Crippen molar-refractivity contribution in [1.82, 2.24) is 15.1 Å². The number of likely N-dealkylation sites (N-methyl/N-ethyl adjacent to an activating group) is 1. The van der Waals surface area contributed by atoms with E-state index in [4.69, 9.17) is 4.74 Å². The average Bonchev–Trinajstić information content (AvgIpc) is 3.26. The summed E-state index contributed by atoms with van der Waals surface area (Å²) in [5, 5.41) is 8.66. The van der Waals surface area contributed by atoms with Gasteiger partial charge >= 0.3 is 0 Å². The van der Waals surface area contributed by atoms with Crippen LogP contribution in [-0.4, -0.2) is 47.4 Å². The third kappa shape index (κ3) is 2.90. The van der Waals surface area contributed by atoms with Crippen molar-refractivity contribution >= 4 is 46.0 Å². The van der Waals surface area contributed by atoms with E-state index in [0.717, 1.165) is 38.4 Å². The number of amides is 1. The zero-order valence-electron chi connectivity index (χ0n) is 15.7. The fraction of sp³-hybridized carbons (Fsp3) is 0.278. The largest absolute Gasteiger partial charge is 0.497 e. The number of aliphatic imine (C=N–C) groups is 1. The van der Waals surface area contributed by atoms with E-state index in [1.807, 2.05) is 44.0 Å². The maximum absolute atomic E-state index is 12.9. The number of aromatic amines is 1. The summed E-state index contributed by atoms with van der Waals surface area (Å²) in [6.07, 6.45) is 0. The lowest BCUT2D eigenvalue weighted by Crippen LogP contribution is -2.24. The van der Waals surface area contributed by atoms with Gasteiger partial charge in [-0.1, -0.05) is 11.8 Å². The minimum atomic E-state index is -0.0494. The minimum Gasteiger partial charge on any atom is -0.497 e. The van der Waals surface area contributed by atoms with Crippen LogP contribution < -0.4 is 9.64 Å². The Bertz CT molecular complexity index is 992. The highest BCUT2D eigenvalue weighted by molar-refractivity contribution is 8.19. The smallest absolute Gasteiger partial charge is 0.269 e. The molecule has 0 unspecified atom stereocenters. The zero-order chi connectivity index (χ0) is 19.3. The fourth-order valence-corrected chi connectivity index (χ4v) is 5.23. The van der Waals surface area contributed by atoms with Crippen molar-refractivity contribution in [3.63, 3.8) is 0 Å². The number of anilines is 1. The van der Waals surface area contributed by atoms with Crippen LogP contribution >= 0.6 is 23.5 Å². The van der Waals surface area contributed by atoms with E-state index < -0.39 is 0 Å². The van der Waals surface area contributed by atoms with Crippen molar-refractivity contribution in [2.45, 2.75) is 18.7 Å². The highest BCUT2D eigenvalue weighted by Crippen LogP contribution is 2.50. The molecule has 1 N–H and O–H groups in total. The Labute approximate surface area is 165 Å². The third-order valence-electron chi connectivity index (χ3n) is 4.51. The number of nitrogens with one attached hydrogen (secondary N) is 1. The summed E-state index contributed by atoms with van der Waals surface area (Å²) in [6.45, 7) is 3.82. The van der Waals surface area contributed by atoms with Crippen molar-refractivity contribution in [3.05, 3.63) is 39.5 Å². The monoisotopic (exact) mass is 401 g/mol. The Hall–Kier alpha value is -2.39. The number of methoxy groups -OCH3 is 1. The van der Waals surface area contributed by atoms with Gasteiger partial charge < -0.3 is 9.64 Å². The molecule has 1 saturated heterocycles. The van der Waals surface area contributed by atoms with Crippen LogP contribution in [0.15, 0.2) is 38.0 Å². The molecule has 3 heterocycles. The molecule has 0 radical (unpaired) electrons. The van der Waals surface area contributed by atoms with Gasteiger partial charge in [0.2, 0.25) is 0 Å². The number of ether oxygens (including phenoxy) is 1. The molecule has 27 heavy (non-hydrogen) atoms. The Morgan fingerprint density at radius 2 is 1.96 bits per heavy atom. The van der Waals surface area contributed by atoms with Crippen molar-refractivity contribution < 1.29 is 9.53 Å². The normalized spacial score (nSPS) is 20.8. The van der Waals surface area contributed by atoms with Gasteiger partial charge in [-0.15, -0.1) is 0 Å². The Balaban J connectivity index is 1.72. The van der Waals surface area contributed by atoms with E-state index in [0.29, 0.717) is 10.1 Å². The molecule has 1 aromatic heterocycles. The highest BCUT2D eigenvalue weighted by atomic mass is 32.2. The van der Waals surface area contributed by atoms with E-state index in [-0.39, 0.29) is 5.91 Å². The van der Waals surface area contributed by atoms with Crippen LogP contribution in [0.4, 0.5) is 11.4 Å². The molecule has 2 aromatic rings. The predicted molar refractivity (Wildman–Crippen MR) is 110 cm³/mol. The Kier molecular flexibility index (Phi) is 4.43. The number of aromatic nitrogens is 2. The lowest BCUT2D eigenvalue weighted by atomic mass is 10.3. The molecular formula is C18H19N5O2S2. The van der Waals surface area contributed by atoms with Gasteiger partial charge in [0.15, 0.2) is 5.17 Å². The van der Waals surface area contributed by atoms with Crippen molar-refractivity contribution in [2.24, 2.45) is 4.99 Å². The number of thioether (sulfide) groups is 2. The third-order valence-corrected chi connectivity index (χ3v) is 6.99. The molecule has 2 aliphatic rings. The Morgan fingerprint density at radius 3 is 2.63 bits per heavy atom. The zero-order valence-corrected chi connectivity index (χ0v) is 17.3. The molecule has 9 heteroatoms. The molecule has 1 aromatic carbocycles. The SMILES string of the molecule is COc1ccc2c(c1)N(C)/C(=C1/SC(=Nc3c(C)n[nH]c3C)N(C)C1=O)S2. The van der Waals surface area contributed by atoms with Crippen LogP contribution in [-0.2, 0) is 4.79 Å². The molecule has 7 nitrogen and oxygen atoms in total. The number of rotatable bonds is 2. The van der Waals surface area contributed by atoms with Gasteiger partial charge in [-0.25, -0.2) is 4.99 Å². The quantitative estimate of drug-likeness (QED) is 0.775. The molecule has 2 aliphatic heterocycles. The van der Waals surface area contributed by atoms with Gasteiger partial charge in [-0.2, -0.15) is 5.10 Å². The van der Waals surface area contributed by atoms with Gasteiger partial charge in [0.05, 0.1) is 29.2 Å². The van der Waals surface area contributed by atoms with E-state index in [9.17, 15) is 4.79 Å². The molecule has 4 rings (SSSR count). The standard InChI is InChI=1S/C18H19N5O2S2/c1-9-14(10(2)21-20-9)19-18-23(4)16(24)15(27-18)17-22(3)12-8-11(25-5)6-7-13(12)26-17/h6-8H,1-5H3,(H,20,21)/b17-15-,19-18?. The van der Waals surface area contributed by atoms with Crippen molar-refractivity contribution in [1.29, 1.82) is 0 Å². The molecular weight excluding hydrogens is 382 g/mol. The number of aryl methyl sites for hydroxylation is 2. The minimum absolute atomic E-state index is 0.0494. The maximum Gasteiger partial charge on any atom is 0.269 e. The van der Waals surface area contributed by atoms with Crippen molar-refractivity contribution in [2.75, 3.05) is 26.1 Å². The summed E-state index contributed by atoms with van der Waals surface area (Å²) in [5.74, 6) is 0.745. The van der Waals surface area contributed by atoms with Crippen LogP contribution in [0, 0.1) is 13.8 Å². The number of carbonyl (C=O) groups is 1. The average molecular weight is 402 g/mol. The Morgan fingerprint density at radius 1 is 1.19 bits per heavy atom. The highest BCUT2D eigenvalue weighted by Gasteiger charge is 2.37. The summed E-state index contributed by atoms with van der Waals surface area (Å²) in [4.78, 5) is 23.0. The lowest BCUT2D eigenvalue weighted by Gasteiger charge is -2.15. The van der Waals surface area contributed by atoms with Gasteiger partial charge in [0.25, 0.3) is 5.91 Å². The number of hydrogen-bond acceptors (Lipinski definition) is 7. The van der Waals surface area contributed by atoms with Crippen molar-refractivity contribution in [3.8, 4) is 5.75 Å². The lowest BCUT2D eigenvalue weighted by molar-refractivity contribution is -0.121. The molecule has 0 spiro atoms. The van der Waals surface area contributed by atoms with Crippen LogP contribution in [0.2, 0.25) is 0 Å². The first-order valence-corrected chi connectivity index (χ1v) is 9.94. The number of nitrogens with zero attached hydrogens (tertiary/aromatic N) is 4. The molecule has 0 bridgehead atoms. The van der Waals surface area contributed by atoms with Gasteiger partial charge in [0.1, 0.15) is 16.3 Å². The molecule has 0 saturated carbocycles. The van der Waals surface area contributed by atoms with Crippen LogP contribution in [0.1, 0.15) is 11.4 Å². The van der Waals surface area contributed by atoms with Crippen LogP contribution in [0.5, 0.6) is 5.75 Å². The van der Waals surface area contributed by atoms with Gasteiger partial charge in [0, 0.05) is 25.1 Å². The molecule has 140 valence electrons. The number of hydrogen-bond donors (Lipinski definition) is 1. The topological polar surface area (TPSA) is 73.8 Å². The van der Waals surface area contributed by atoms with E-state index in [1.165, 1.54) is 11.8 Å². The molecule has 1 fully saturated rings. The number of fused-ring (bicyclic) bond motifs is 1. The van der Waals surface area contributed by atoms with Gasteiger partial charge in [-0.3, -0.25) is 14.8 Å². The molecule has 0 aliphatic carbocycles. The number of carbonyl (C=O) groups excluding carboxylic acids is 1. The number of benzene rings is 1. The summed E-state index contributed by atoms with van der Waals surface area (Å²) < 4.78 is 5.32. The second-order valence-corrected chi connectivity index (χ2v) is 8.28. The fourth-order valence-electron chi connectivity index (χ4n) is 2.93. The second kappa shape index (κ2) is 6.65. The molecule has 1 amide bonds. The van der Waals surface area contributed by atoms with E-state index >= 15 is 0 Å². The van der Waals surface area contributed by atoms with E-state index in [2.05, 4.69) is 15.2 Å².